The lowest BCUT2D eigenvalue weighted by molar-refractivity contribution is -0.130. The number of carbonyl (C=O) groups excluding carboxylic acids is 2. The van der Waals surface area contributed by atoms with E-state index >= 15 is 8.78 Å². The molecule has 1 saturated heterocycles. The molecule has 4 aromatic rings. The lowest BCUT2D eigenvalue weighted by Crippen LogP contribution is -2.52. The summed E-state index contributed by atoms with van der Waals surface area (Å²) in [7, 11) is 3.31. The molecule has 2 amide bonds. The zero-order valence-electron chi connectivity index (χ0n) is 27.9. The van der Waals surface area contributed by atoms with Gasteiger partial charge >= 0.3 is 0 Å². The lowest BCUT2D eigenvalue weighted by Gasteiger charge is -2.27. The molecule has 2 aliphatic heterocycles. The molecule has 1 aliphatic carbocycles. The van der Waals surface area contributed by atoms with E-state index in [0.717, 1.165) is 5.39 Å². The third kappa shape index (κ3) is 5.49. The van der Waals surface area contributed by atoms with Gasteiger partial charge in [0.1, 0.15) is 23.1 Å². The molecule has 5 atom stereocenters. The highest BCUT2D eigenvalue weighted by Gasteiger charge is 2.67. The number of amides is 2. The maximum atomic E-state index is 15.4. The van der Waals surface area contributed by atoms with Gasteiger partial charge in [0.2, 0.25) is 5.91 Å². The van der Waals surface area contributed by atoms with Crippen LogP contribution in [-0.4, -0.2) is 69.3 Å². The van der Waals surface area contributed by atoms with E-state index in [0.29, 0.717) is 78.4 Å². The van der Waals surface area contributed by atoms with Crippen molar-refractivity contribution in [3.8, 4) is 17.3 Å². The molecule has 10 nitrogen and oxygen atoms in total. The number of imidazole rings is 1. The molecule has 3 aliphatic rings. The van der Waals surface area contributed by atoms with E-state index in [1.807, 2.05) is 55.2 Å². The van der Waals surface area contributed by atoms with Crippen LogP contribution in [0.2, 0.25) is 0 Å². The summed E-state index contributed by atoms with van der Waals surface area (Å²) in [5.41, 5.74) is 2.42. The van der Waals surface area contributed by atoms with Gasteiger partial charge in [0.25, 0.3) is 11.8 Å². The molecule has 1 aromatic carbocycles. The summed E-state index contributed by atoms with van der Waals surface area (Å²) in [5, 5.41) is 9.73. The number of pyridine rings is 1. The fourth-order valence-electron chi connectivity index (χ4n) is 7.44. The number of aromatic nitrogens is 4. The second-order valence-corrected chi connectivity index (χ2v) is 14.3. The van der Waals surface area contributed by atoms with Gasteiger partial charge in [0, 0.05) is 48.3 Å². The molecule has 0 radical (unpaired) electrons. The van der Waals surface area contributed by atoms with Gasteiger partial charge in [-0.05, 0) is 63.1 Å². The Bertz CT molecular complexity index is 1920. The van der Waals surface area contributed by atoms with Crippen molar-refractivity contribution in [3.05, 3.63) is 41.6 Å². The van der Waals surface area contributed by atoms with E-state index < -0.39 is 47.3 Å². The van der Waals surface area contributed by atoms with Gasteiger partial charge < -0.3 is 29.8 Å². The van der Waals surface area contributed by atoms with E-state index in [-0.39, 0.29) is 18.0 Å². The first kappa shape index (κ1) is 32.4. The molecule has 1 saturated carbocycles. The molecule has 0 unspecified atom stereocenters. The standard InChI is InChI=1S/C35H42F3N7O3/c1-18-24-9-8-19-14-27(45(30(19)41-24)17-22-21(35(22,37)38)7-6-11-34(2,3)33(47)40-18)31-42-25-13-20(15-28(48-5)29(25)44(31)4)32(46)43-26-16-39-12-10-23(26)36/h8-9,13-15,18,21-23,26,39H,6-7,10-12,16-17H2,1-5H3,(H,40,47)(H,43,46)/t18-,21+,22+,23+,26+/m1/s1. The van der Waals surface area contributed by atoms with Gasteiger partial charge in [-0.3, -0.25) is 9.59 Å². The van der Waals surface area contributed by atoms with Crippen molar-refractivity contribution in [1.29, 1.82) is 0 Å². The average Bonchev–Trinajstić information content (AvgIpc) is 3.29. The van der Waals surface area contributed by atoms with Crippen molar-refractivity contribution in [3.63, 3.8) is 0 Å². The monoisotopic (exact) mass is 665 g/mol. The molecular weight excluding hydrogens is 623 g/mol. The number of aryl methyl sites for hydroxylation is 1. The van der Waals surface area contributed by atoms with Gasteiger partial charge in [0.05, 0.1) is 36.1 Å². The molecule has 3 aromatic heterocycles. The number of benzene rings is 1. The van der Waals surface area contributed by atoms with E-state index in [1.165, 1.54) is 7.11 Å². The number of ether oxygens (including phenoxy) is 1. The Kier molecular flexibility index (Phi) is 7.96. The molecule has 48 heavy (non-hydrogen) atoms. The highest BCUT2D eigenvalue weighted by molar-refractivity contribution is 6.00. The molecule has 256 valence electrons. The summed E-state index contributed by atoms with van der Waals surface area (Å²) >= 11 is 0. The number of halogens is 3. The first-order valence-electron chi connectivity index (χ1n) is 16.7. The SMILES string of the molecule is COc1cc(C(=O)N[C@H]2CNCC[C@@H]2F)cc2nc(-c3cc4ccc5nc4n3C[C@H]3[C@H](CCCC(C)(C)C(=O)N[C@@H]5C)C3(F)F)n(C)c12. The maximum Gasteiger partial charge on any atom is 0.256 e. The molecular formula is C35H42F3N7O3. The van der Waals surface area contributed by atoms with Crippen molar-refractivity contribution in [1.82, 2.24) is 35.1 Å². The van der Waals surface area contributed by atoms with Gasteiger partial charge in [-0.1, -0.05) is 20.3 Å². The van der Waals surface area contributed by atoms with Crippen LogP contribution in [-0.2, 0) is 18.4 Å². The summed E-state index contributed by atoms with van der Waals surface area (Å²) < 4.78 is 54.6. The predicted octanol–water partition coefficient (Wildman–Crippen LogP) is 5.30. The number of nitrogens with zero attached hydrogens (tertiary/aromatic N) is 4. The van der Waals surface area contributed by atoms with Crippen LogP contribution in [0.1, 0.15) is 68.5 Å². The average molecular weight is 666 g/mol. The van der Waals surface area contributed by atoms with Crippen LogP contribution >= 0.6 is 0 Å². The van der Waals surface area contributed by atoms with Crippen molar-refractivity contribution < 1.29 is 27.5 Å². The Morgan fingerprint density at radius 3 is 2.67 bits per heavy atom. The number of hydrogen-bond donors (Lipinski definition) is 3. The normalized spacial score (nSPS) is 26.9. The Hall–Kier alpha value is -4.13. The summed E-state index contributed by atoms with van der Waals surface area (Å²) in [5.74, 6) is -4.20. The number of fused-ring (bicyclic) bond motifs is 3. The minimum Gasteiger partial charge on any atom is -0.494 e. The van der Waals surface area contributed by atoms with Crippen molar-refractivity contribution in [2.24, 2.45) is 24.3 Å². The molecule has 0 spiro atoms. The van der Waals surface area contributed by atoms with Crippen LogP contribution in [0.4, 0.5) is 13.2 Å². The number of piperidine rings is 1. The van der Waals surface area contributed by atoms with Crippen LogP contribution < -0.4 is 20.7 Å². The van der Waals surface area contributed by atoms with Gasteiger partial charge in [-0.15, -0.1) is 0 Å². The van der Waals surface area contributed by atoms with Crippen LogP contribution in [0.25, 0.3) is 33.6 Å². The summed E-state index contributed by atoms with van der Waals surface area (Å²) in [6.07, 6.45) is 0.523. The van der Waals surface area contributed by atoms with E-state index in [9.17, 15) is 14.0 Å². The Morgan fingerprint density at radius 2 is 1.92 bits per heavy atom. The number of hydrogen-bond acceptors (Lipinski definition) is 6. The summed E-state index contributed by atoms with van der Waals surface area (Å²) in [6, 6.07) is 7.83. The molecule has 13 heteroatoms. The number of rotatable bonds is 4. The highest BCUT2D eigenvalue weighted by Crippen LogP contribution is 2.59. The second-order valence-electron chi connectivity index (χ2n) is 14.3. The number of methoxy groups -OCH3 is 1. The smallest absolute Gasteiger partial charge is 0.256 e. The first-order chi connectivity index (χ1) is 22.8. The topological polar surface area (TPSA) is 115 Å². The molecule has 7 rings (SSSR count). The lowest BCUT2D eigenvalue weighted by atomic mass is 9.85. The maximum absolute atomic E-state index is 15.4. The molecule has 3 N–H and O–H groups in total. The van der Waals surface area contributed by atoms with Gasteiger partial charge in [-0.25, -0.2) is 23.1 Å². The molecule has 5 heterocycles. The predicted molar refractivity (Wildman–Crippen MR) is 176 cm³/mol. The zero-order chi connectivity index (χ0) is 34.1. The minimum absolute atomic E-state index is 0.0465. The Morgan fingerprint density at radius 1 is 1.12 bits per heavy atom. The highest BCUT2D eigenvalue weighted by atomic mass is 19.3. The second kappa shape index (κ2) is 11.8. The summed E-state index contributed by atoms with van der Waals surface area (Å²) in [6.45, 7) is 6.52. The van der Waals surface area contributed by atoms with Crippen LogP contribution in [0.3, 0.4) is 0 Å². The van der Waals surface area contributed by atoms with E-state index in [4.69, 9.17) is 14.7 Å². The number of nitrogens with one attached hydrogen (secondary N) is 3. The zero-order valence-corrected chi connectivity index (χ0v) is 27.9. The summed E-state index contributed by atoms with van der Waals surface area (Å²) in [4.78, 5) is 36.3. The fourth-order valence-corrected chi connectivity index (χ4v) is 7.44. The Labute approximate surface area is 276 Å². The van der Waals surface area contributed by atoms with Crippen LogP contribution in [0.5, 0.6) is 5.75 Å². The number of carbonyl (C=O) groups is 2. The van der Waals surface area contributed by atoms with Gasteiger partial charge in [-0.2, -0.15) is 0 Å². The van der Waals surface area contributed by atoms with Crippen LogP contribution in [0.15, 0.2) is 30.3 Å². The fraction of sp³-hybridized carbons (Fsp3) is 0.543. The van der Waals surface area contributed by atoms with E-state index in [2.05, 4.69) is 16.0 Å². The minimum atomic E-state index is -2.84. The van der Waals surface area contributed by atoms with Crippen molar-refractivity contribution in [2.45, 2.75) is 77.2 Å². The quantitative estimate of drug-likeness (QED) is 0.273. The number of alkyl halides is 3. The van der Waals surface area contributed by atoms with Gasteiger partial charge in [0.15, 0.2) is 5.82 Å². The third-order valence-electron chi connectivity index (χ3n) is 10.6. The third-order valence-corrected chi connectivity index (χ3v) is 10.6. The molecule has 2 fully saturated rings. The Balaban J connectivity index is 1.32. The van der Waals surface area contributed by atoms with E-state index in [1.54, 1.807) is 12.1 Å². The van der Waals surface area contributed by atoms with Crippen molar-refractivity contribution >= 4 is 33.9 Å². The van der Waals surface area contributed by atoms with Crippen LogP contribution in [0, 0.1) is 17.3 Å². The molecule has 2 bridgehead atoms. The van der Waals surface area contributed by atoms with Crippen molar-refractivity contribution in [2.75, 3.05) is 20.2 Å². The largest absolute Gasteiger partial charge is 0.494 e. The first-order valence-corrected chi connectivity index (χ1v) is 16.7.